The van der Waals surface area contributed by atoms with Crippen LogP contribution in [0.5, 0.6) is 5.06 Å². The van der Waals surface area contributed by atoms with Gasteiger partial charge >= 0.3 is 0 Å². The topological polar surface area (TPSA) is 21.3 Å². The smallest absolute Gasteiger partial charge is 0.188 e. The molecule has 1 N–H and O–H groups in total. The highest BCUT2D eigenvalue weighted by Gasteiger charge is 2.17. The first-order chi connectivity index (χ1) is 6.79. The van der Waals surface area contributed by atoms with Gasteiger partial charge in [-0.1, -0.05) is 0 Å². The Balaban J connectivity index is 2.01. The number of hydrogen-bond acceptors (Lipinski definition) is 3. The molecular weight excluding hydrogens is 262 g/mol. The molecule has 0 aromatic carbocycles. The maximum atomic E-state index is 5.25. The second-order valence-electron chi connectivity index (χ2n) is 3.62. The minimum absolute atomic E-state index is 0.810. The van der Waals surface area contributed by atoms with Crippen molar-refractivity contribution in [3.05, 3.63) is 15.4 Å². The summed E-state index contributed by atoms with van der Waals surface area (Å²) in [5.74, 6) is 0.810. The Hall–Kier alpha value is -0.0600. The van der Waals surface area contributed by atoms with Crippen LogP contribution < -0.4 is 10.1 Å². The van der Waals surface area contributed by atoms with Gasteiger partial charge in [0.2, 0.25) is 0 Å². The normalized spacial score (nSPS) is 21.4. The Morgan fingerprint density at radius 1 is 1.71 bits per heavy atom. The van der Waals surface area contributed by atoms with Gasteiger partial charge in [0, 0.05) is 4.88 Å². The highest BCUT2D eigenvalue weighted by molar-refractivity contribution is 9.10. The van der Waals surface area contributed by atoms with Crippen molar-refractivity contribution in [1.29, 1.82) is 0 Å². The van der Waals surface area contributed by atoms with E-state index >= 15 is 0 Å². The van der Waals surface area contributed by atoms with Gasteiger partial charge in [0.1, 0.15) is 0 Å². The zero-order valence-electron chi connectivity index (χ0n) is 8.18. The molecule has 0 amide bonds. The number of halogens is 1. The number of ether oxygens (including phenoxy) is 1. The second-order valence-corrected chi connectivity index (χ2v) is 5.57. The molecule has 0 bridgehead atoms. The summed E-state index contributed by atoms with van der Waals surface area (Å²) in [5, 5.41) is 4.38. The Kier molecular flexibility index (Phi) is 3.47. The minimum Gasteiger partial charge on any atom is -0.486 e. The van der Waals surface area contributed by atoms with Crippen LogP contribution in [0.25, 0.3) is 0 Å². The Labute approximate surface area is 96.8 Å². The van der Waals surface area contributed by atoms with Crippen LogP contribution in [-0.4, -0.2) is 20.2 Å². The lowest BCUT2D eigenvalue weighted by Crippen LogP contribution is -2.10. The van der Waals surface area contributed by atoms with Crippen molar-refractivity contribution < 1.29 is 4.74 Å². The van der Waals surface area contributed by atoms with Gasteiger partial charge in [-0.3, -0.25) is 0 Å². The molecule has 1 unspecified atom stereocenters. The molecule has 1 saturated heterocycles. The summed E-state index contributed by atoms with van der Waals surface area (Å²) in [6.45, 7) is 2.34. The van der Waals surface area contributed by atoms with Crippen molar-refractivity contribution in [3.63, 3.8) is 0 Å². The molecule has 0 radical (unpaired) electrons. The van der Waals surface area contributed by atoms with Crippen LogP contribution in [0.1, 0.15) is 11.3 Å². The third-order valence-electron chi connectivity index (χ3n) is 2.54. The molecule has 2 heterocycles. The van der Waals surface area contributed by atoms with Crippen molar-refractivity contribution in [1.82, 2.24) is 5.32 Å². The van der Waals surface area contributed by atoms with Crippen LogP contribution in [0.2, 0.25) is 0 Å². The molecule has 0 aliphatic carbocycles. The Morgan fingerprint density at radius 2 is 2.57 bits per heavy atom. The highest BCUT2D eigenvalue weighted by atomic mass is 79.9. The summed E-state index contributed by atoms with van der Waals surface area (Å²) < 4.78 is 6.33. The quantitative estimate of drug-likeness (QED) is 0.916. The van der Waals surface area contributed by atoms with Gasteiger partial charge in [0.25, 0.3) is 0 Å². The van der Waals surface area contributed by atoms with Crippen LogP contribution in [-0.2, 0) is 6.42 Å². The minimum atomic E-state index is 0.810. The third-order valence-corrected chi connectivity index (χ3v) is 4.51. The summed E-state index contributed by atoms with van der Waals surface area (Å²) in [5.41, 5.74) is 0. The lowest BCUT2D eigenvalue weighted by molar-refractivity contribution is 0.425. The van der Waals surface area contributed by atoms with Crippen molar-refractivity contribution in [2.75, 3.05) is 20.2 Å². The van der Waals surface area contributed by atoms with Crippen LogP contribution in [0.3, 0.4) is 0 Å². The predicted octanol–water partition coefficient (Wildman–Crippen LogP) is 2.67. The molecule has 1 atom stereocenters. The molecule has 4 heteroatoms. The fourth-order valence-corrected chi connectivity index (χ4v) is 3.62. The van der Waals surface area contributed by atoms with E-state index in [9.17, 15) is 0 Å². The summed E-state index contributed by atoms with van der Waals surface area (Å²) in [6, 6.07) is 2.18. The number of thiophene rings is 1. The van der Waals surface area contributed by atoms with Gasteiger partial charge in [-0.25, -0.2) is 0 Å². The van der Waals surface area contributed by atoms with Gasteiger partial charge in [-0.2, -0.15) is 0 Å². The molecule has 14 heavy (non-hydrogen) atoms. The molecule has 2 nitrogen and oxygen atoms in total. The fourth-order valence-electron chi connectivity index (χ4n) is 1.81. The number of rotatable bonds is 3. The van der Waals surface area contributed by atoms with E-state index in [1.54, 1.807) is 18.4 Å². The van der Waals surface area contributed by atoms with E-state index in [0.717, 1.165) is 22.0 Å². The molecule has 2 rings (SSSR count). The second kappa shape index (κ2) is 4.64. The van der Waals surface area contributed by atoms with Gasteiger partial charge in [0.05, 0.1) is 11.6 Å². The van der Waals surface area contributed by atoms with Gasteiger partial charge in [0.15, 0.2) is 5.06 Å². The van der Waals surface area contributed by atoms with Crippen LogP contribution in [0.4, 0.5) is 0 Å². The van der Waals surface area contributed by atoms with Crippen molar-refractivity contribution >= 4 is 27.3 Å². The summed E-state index contributed by atoms with van der Waals surface area (Å²) in [4.78, 5) is 1.42. The molecule has 1 aliphatic rings. The van der Waals surface area contributed by atoms with Crippen molar-refractivity contribution in [3.8, 4) is 5.06 Å². The van der Waals surface area contributed by atoms with E-state index in [4.69, 9.17) is 4.74 Å². The largest absolute Gasteiger partial charge is 0.486 e. The van der Waals surface area contributed by atoms with Crippen LogP contribution in [0, 0.1) is 5.92 Å². The molecule has 1 aliphatic heterocycles. The lowest BCUT2D eigenvalue weighted by atomic mass is 10.0. The Bertz CT molecular complexity index is 307. The van der Waals surface area contributed by atoms with Crippen LogP contribution in [0.15, 0.2) is 10.5 Å². The van der Waals surface area contributed by atoms with E-state index in [0.29, 0.717) is 0 Å². The monoisotopic (exact) mass is 275 g/mol. The summed E-state index contributed by atoms with van der Waals surface area (Å²) in [6.07, 6.45) is 2.48. The van der Waals surface area contributed by atoms with Gasteiger partial charge < -0.3 is 10.1 Å². The van der Waals surface area contributed by atoms with E-state index in [1.165, 1.54) is 24.3 Å². The number of hydrogen-bond donors (Lipinski definition) is 1. The Morgan fingerprint density at radius 3 is 3.14 bits per heavy atom. The molecule has 78 valence electrons. The first kappa shape index (κ1) is 10.5. The first-order valence-electron chi connectivity index (χ1n) is 4.82. The number of methoxy groups -OCH3 is 1. The predicted molar refractivity (Wildman–Crippen MR) is 63.3 cm³/mol. The maximum Gasteiger partial charge on any atom is 0.188 e. The molecule has 0 saturated carbocycles. The van der Waals surface area contributed by atoms with Crippen molar-refractivity contribution in [2.45, 2.75) is 12.8 Å². The SMILES string of the molecule is COc1sc(CC2CCNC2)cc1Br. The molecular formula is C10H14BrNOS. The van der Waals surface area contributed by atoms with Crippen LogP contribution >= 0.6 is 27.3 Å². The third kappa shape index (κ3) is 2.30. The fraction of sp³-hybridized carbons (Fsp3) is 0.600. The molecule has 1 fully saturated rings. The highest BCUT2D eigenvalue weighted by Crippen LogP contribution is 2.36. The molecule has 0 spiro atoms. The van der Waals surface area contributed by atoms with E-state index in [1.807, 2.05) is 0 Å². The van der Waals surface area contributed by atoms with E-state index in [-0.39, 0.29) is 0 Å². The summed E-state index contributed by atoms with van der Waals surface area (Å²) in [7, 11) is 1.72. The molecule has 1 aromatic heterocycles. The summed E-state index contributed by atoms with van der Waals surface area (Å²) >= 11 is 5.25. The zero-order valence-corrected chi connectivity index (χ0v) is 10.6. The van der Waals surface area contributed by atoms with Gasteiger partial charge in [-0.15, -0.1) is 11.3 Å². The average Bonchev–Trinajstić information content (AvgIpc) is 2.76. The maximum absolute atomic E-state index is 5.25. The van der Waals surface area contributed by atoms with E-state index in [2.05, 4.69) is 27.3 Å². The van der Waals surface area contributed by atoms with E-state index < -0.39 is 0 Å². The standard InChI is InChI=1S/C10H14BrNOS/c1-13-10-9(11)5-8(14-10)4-7-2-3-12-6-7/h5,7,12H,2-4,6H2,1H3. The lowest BCUT2D eigenvalue weighted by Gasteiger charge is -2.04. The first-order valence-corrected chi connectivity index (χ1v) is 6.43. The molecule has 1 aromatic rings. The average molecular weight is 276 g/mol. The zero-order chi connectivity index (χ0) is 9.97. The number of nitrogens with one attached hydrogen (secondary N) is 1. The van der Waals surface area contributed by atoms with Gasteiger partial charge in [-0.05, 0) is 53.8 Å². The van der Waals surface area contributed by atoms with Crippen molar-refractivity contribution in [2.24, 2.45) is 5.92 Å².